The van der Waals surface area contributed by atoms with Crippen molar-refractivity contribution in [1.82, 2.24) is 10.5 Å². The third-order valence-electron chi connectivity index (χ3n) is 4.10. The van der Waals surface area contributed by atoms with Crippen molar-refractivity contribution < 1.29 is 18.8 Å². The highest BCUT2D eigenvalue weighted by Crippen LogP contribution is 2.31. The van der Waals surface area contributed by atoms with Gasteiger partial charge in [0.25, 0.3) is 5.91 Å². The van der Waals surface area contributed by atoms with Crippen molar-refractivity contribution in [2.45, 2.75) is 26.3 Å². The van der Waals surface area contributed by atoms with E-state index in [0.717, 1.165) is 0 Å². The zero-order valence-corrected chi connectivity index (χ0v) is 13.8. The van der Waals surface area contributed by atoms with E-state index in [-0.39, 0.29) is 24.3 Å². The van der Waals surface area contributed by atoms with Crippen LogP contribution >= 0.6 is 0 Å². The second-order valence-electron chi connectivity index (χ2n) is 5.75. The summed E-state index contributed by atoms with van der Waals surface area (Å²) in [5, 5.41) is 6.67. The number of para-hydroxylation sites is 2. The Bertz CT molecular complexity index is 764. The number of carbonyl (C=O) groups excluding carboxylic acids is 2. The molecular formula is C17H19N3O4. The molecule has 1 atom stereocenters. The Morgan fingerprint density at radius 1 is 1.38 bits per heavy atom. The molecule has 24 heavy (non-hydrogen) atoms. The van der Waals surface area contributed by atoms with E-state index in [1.54, 1.807) is 31.9 Å². The van der Waals surface area contributed by atoms with Crippen molar-refractivity contribution in [1.29, 1.82) is 0 Å². The highest BCUT2D eigenvalue weighted by Gasteiger charge is 2.33. The van der Waals surface area contributed by atoms with Gasteiger partial charge < -0.3 is 19.5 Å². The number of anilines is 1. The van der Waals surface area contributed by atoms with Gasteiger partial charge in [-0.15, -0.1) is 0 Å². The minimum absolute atomic E-state index is 0.0523. The van der Waals surface area contributed by atoms with E-state index in [1.165, 1.54) is 0 Å². The van der Waals surface area contributed by atoms with Crippen LogP contribution in [-0.2, 0) is 4.79 Å². The molecule has 7 heteroatoms. The predicted octanol–water partition coefficient (Wildman–Crippen LogP) is 1.84. The number of rotatable bonds is 4. The lowest BCUT2D eigenvalue weighted by Gasteiger charge is -2.19. The van der Waals surface area contributed by atoms with Crippen LogP contribution in [0.2, 0.25) is 0 Å². The Kier molecular flexibility index (Phi) is 4.24. The number of benzene rings is 1. The summed E-state index contributed by atoms with van der Waals surface area (Å²) in [5.41, 5.74) is 1.67. The number of ether oxygens (including phenoxy) is 1. The molecule has 0 radical (unpaired) electrons. The third kappa shape index (κ3) is 2.84. The summed E-state index contributed by atoms with van der Waals surface area (Å²) >= 11 is 0. The number of carbonyl (C=O) groups is 2. The van der Waals surface area contributed by atoms with Gasteiger partial charge in [0, 0.05) is 13.0 Å². The molecule has 1 aliphatic rings. The van der Waals surface area contributed by atoms with Gasteiger partial charge in [-0.05, 0) is 26.0 Å². The molecule has 1 aliphatic heterocycles. The minimum Gasteiger partial charge on any atom is -0.495 e. The summed E-state index contributed by atoms with van der Waals surface area (Å²) in [6.45, 7) is 3.80. The van der Waals surface area contributed by atoms with E-state index < -0.39 is 0 Å². The molecule has 1 N–H and O–H groups in total. The summed E-state index contributed by atoms with van der Waals surface area (Å²) in [6.07, 6.45) is 0.243. The highest BCUT2D eigenvalue weighted by molar-refractivity contribution is 6.00. The van der Waals surface area contributed by atoms with Crippen molar-refractivity contribution >= 4 is 17.5 Å². The maximum Gasteiger partial charge on any atom is 0.257 e. The molecule has 0 unspecified atom stereocenters. The molecule has 2 aromatic rings. The lowest BCUT2D eigenvalue weighted by Crippen LogP contribution is -2.37. The van der Waals surface area contributed by atoms with E-state index in [4.69, 9.17) is 9.26 Å². The lowest BCUT2D eigenvalue weighted by molar-refractivity contribution is -0.117. The Balaban J connectivity index is 1.74. The number of hydrogen-bond donors (Lipinski definition) is 1. The fraction of sp³-hybridized carbons (Fsp3) is 0.353. The molecule has 2 heterocycles. The SMILES string of the molecule is COc1ccccc1N1C[C@H](NC(=O)c2c(C)noc2C)CC1=O. The fourth-order valence-corrected chi connectivity index (χ4v) is 2.95. The molecule has 1 aromatic heterocycles. The van der Waals surface area contributed by atoms with E-state index >= 15 is 0 Å². The first-order chi connectivity index (χ1) is 11.5. The Morgan fingerprint density at radius 3 is 2.79 bits per heavy atom. The molecule has 0 aliphatic carbocycles. The van der Waals surface area contributed by atoms with Crippen LogP contribution in [0.3, 0.4) is 0 Å². The van der Waals surface area contributed by atoms with Crippen LogP contribution in [-0.4, -0.2) is 36.7 Å². The second-order valence-corrected chi connectivity index (χ2v) is 5.75. The maximum absolute atomic E-state index is 12.4. The van der Waals surface area contributed by atoms with Crippen LogP contribution in [0.15, 0.2) is 28.8 Å². The summed E-state index contributed by atoms with van der Waals surface area (Å²) in [6, 6.07) is 7.05. The molecule has 1 fully saturated rings. The third-order valence-corrected chi connectivity index (χ3v) is 4.10. The molecule has 2 amide bonds. The summed E-state index contributed by atoms with van der Waals surface area (Å²) in [4.78, 5) is 26.4. The Labute approximate surface area is 139 Å². The predicted molar refractivity (Wildman–Crippen MR) is 87.2 cm³/mol. The number of aryl methyl sites for hydroxylation is 2. The maximum atomic E-state index is 12.4. The molecule has 0 spiro atoms. The van der Waals surface area contributed by atoms with E-state index in [0.29, 0.717) is 35.0 Å². The Morgan fingerprint density at radius 2 is 2.12 bits per heavy atom. The summed E-state index contributed by atoms with van der Waals surface area (Å²) < 4.78 is 10.3. The van der Waals surface area contributed by atoms with Crippen LogP contribution in [0.1, 0.15) is 28.2 Å². The van der Waals surface area contributed by atoms with Crippen LogP contribution in [0.5, 0.6) is 5.75 Å². The van der Waals surface area contributed by atoms with Crippen LogP contribution in [0.25, 0.3) is 0 Å². The van der Waals surface area contributed by atoms with Gasteiger partial charge >= 0.3 is 0 Å². The standard InChI is InChI=1S/C17H19N3O4/c1-10-16(11(2)24-19-10)17(22)18-12-8-15(21)20(9-12)13-6-4-5-7-14(13)23-3/h4-7,12H,8-9H2,1-3H3,(H,18,22)/t12-/m1/s1. The number of nitrogens with zero attached hydrogens (tertiary/aromatic N) is 2. The topological polar surface area (TPSA) is 84.7 Å². The Hall–Kier alpha value is -2.83. The van der Waals surface area contributed by atoms with Crippen LogP contribution < -0.4 is 15.0 Å². The smallest absolute Gasteiger partial charge is 0.257 e. The number of nitrogens with one attached hydrogen (secondary N) is 1. The van der Waals surface area contributed by atoms with Gasteiger partial charge in [0.1, 0.15) is 17.1 Å². The lowest BCUT2D eigenvalue weighted by atomic mass is 10.1. The highest BCUT2D eigenvalue weighted by atomic mass is 16.5. The molecule has 126 valence electrons. The number of aromatic nitrogens is 1. The van der Waals surface area contributed by atoms with Gasteiger partial charge in [0.15, 0.2) is 0 Å². The monoisotopic (exact) mass is 329 g/mol. The van der Waals surface area contributed by atoms with E-state index in [1.807, 2.05) is 18.2 Å². The molecule has 0 bridgehead atoms. The van der Waals surface area contributed by atoms with Crippen molar-refractivity contribution in [3.05, 3.63) is 41.3 Å². The average Bonchev–Trinajstić information content (AvgIpc) is 3.09. The quantitative estimate of drug-likeness (QED) is 0.925. The van der Waals surface area contributed by atoms with Gasteiger partial charge in [-0.2, -0.15) is 0 Å². The van der Waals surface area contributed by atoms with Crippen molar-refractivity contribution in [2.24, 2.45) is 0 Å². The van der Waals surface area contributed by atoms with Crippen LogP contribution in [0, 0.1) is 13.8 Å². The average molecular weight is 329 g/mol. The molecule has 0 saturated carbocycles. The number of methoxy groups -OCH3 is 1. The van der Waals surface area contributed by atoms with Gasteiger partial charge in [0.2, 0.25) is 5.91 Å². The number of hydrogen-bond acceptors (Lipinski definition) is 5. The molecule has 3 rings (SSSR count). The zero-order valence-electron chi connectivity index (χ0n) is 13.8. The van der Waals surface area contributed by atoms with Crippen molar-refractivity contribution in [3.8, 4) is 5.75 Å². The summed E-state index contributed by atoms with van der Waals surface area (Å²) in [7, 11) is 1.57. The van der Waals surface area contributed by atoms with E-state index in [2.05, 4.69) is 10.5 Å². The fourth-order valence-electron chi connectivity index (χ4n) is 2.95. The first-order valence-corrected chi connectivity index (χ1v) is 7.68. The first kappa shape index (κ1) is 16.0. The molecule has 1 saturated heterocycles. The van der Waals surface area contributed by atoms with Gasteiger partial charge in [0.05, 0.1) is 24.5 Å². The van der Waals surface area contributed by atoms with E-state index in [9.17, 15) is 9.59 Å². The van der Waals surface area contributed by atoms with Crippen molar-refractivity contribution in [2.75, 3.05) is 18.6 Å². The summed E-state index contributed by atoms with van der Waals surface area (Å²) in [5.74, 6) is 0.772. The van der Waals surface area contributed by atoms with Gasteiger partial charge in [-0.3, -0.25) is 9.59 Å². The molecular weight excluding hydrogens is 310 g/mol. The molecule has 1 aromatic carbocycles. The second kappa shape index (κ2) is 6.35. The van der Waals surface area contributed by atoms with Gasteiger partial charge in [-0.1, -0.05) is 17.3 Å². The van der Waals surface area contributed by atoms with Crippen LogP contribution in [0.4, 0.5) is 5.69 Å². The van der Waals surface area contributed by atoms with Crippen molar-refractivity contribution in [3.63, 3.8) is 0 Å². The normalized spacial score (nSPS) is 17.2. The largest absolute Gasteiger partial charge is 0.495 e. The number of amides is 2. The molecule has 7 nitrogen and oxygen atoms in total. The van der Waals surface area contributed by atoms with Gasteiger partial charge in [-0.25, -0.2) is 0 Å². The minimum atomic E-state index is -0.274. The first-order valence-electron chi connectivity index (χ1n) is 7.68. The zero-order chi connectivity index (χ0) is 17.3.